The lowest BCUT2D eigenvalue weighted by Crippen LogP contribution is -2.30. The van der Waals surface area contributed by atoms with Crippen LogP contribution in [0.3, 0.4) is 0 Å². The highest BCUT2D eigenvalue weighted by molar-refractivity contribution is 6.45. The van der Waals surface area contributed by atoms with Gasteiger partial charge in [-0.2, -0.15) is 0 Å². The van der Waals surface area contributed by atoms with Gasteiger partial charge in [0.05, 0.1) is 21.6 Å². The molecule has 0 aliphatic heterocycles. The second kappa shape index (κ2) is 9.05. The Morgan fingerprint density at radius 1 is 1.00 bits per heavy atom. The zero-order chi connectivity index (χ0) is 21.1. The van der Waals surface area contributed by atoms with Gasteiger partial charge in [0.25, 0.3) is 0 Å². The summed E-state index contributed by atoms with van der Waals surface area (Å²) in [5.74, 6) is -0.00487. The molecule has 2 N–H and O–H groups in total. The summed E-state index contributed by atoms with van der Waals surface area (Å²) >= 11 is 12.4. The third kappa shape index (κ3) is 4.29. The number of H-pyrrole nitrogens is 1. The molecule has 0 unspecified atom stereocenters. The van der Waals surface area contributed by atoms with Crippen LogP contribution in [-0.4, -0.2) is 17.3 Å². The molecule has 0 aliphatic carbocycles. The summed E-state index contributed by atoms with van der Waals surface area (Å²) in [6.45, 7) is 2.76. The molecule has 0 saturated heterocycles. The van der Waals surface area contributed by atoms with Gasteiger partial charge in [-0.3, -0.25) is 4.79 Å². The number of carbonyl (C=O) groups excluding carboxylic acids is 1. The Morgan fingerprint density at radius 3 is 2.47 bits per heavy atom. The van der Waals surface area contributed by atoms with Crippen LogP contribution in [-0.2, 0) is 6.42 Å². The molecular weight excluding hydrogens is 415 g/mol. The van der Waals surface area contributed by atoms with Crippen LogP contribution in [0, 0.1) is 6.92 Å². The molecule has 0 fully saturated rings. The van der Waals surface area contributed by atoms with Gasteiger partial charge in [-0.15, -0.1) is 0 Å². The Hall–Kier alpha value is -2.59. The Balaban J connectivity index is 1.60. The summed E-state index contributed by atoms with van der Waals surface area (Å²) in [4.78, 5) is 16.7. The molecule has 0 spiro atoms. The number of fused-ring (bicyclic) bond motifs is 1. The molecule has 30 heavy (non-hydrogen) atoms. The highest BCUT2D eigenvalue weighted by atomic mass is 35.5. The SMILES string of the molecule is Cc1ccc(CCN[C@@H](C(=O)c2c[nH]c3c(Cl)c(Cl)ccc23)c2ccccc2)cc1. The number of halogens is 2. The van der Waals surface area contributed by atoms with Crippen LogP contribution in [0.2, 0.25) is 10.0 Å². The maximum Gasteiger partial charge on any atom is 0.186 e. The molecule has 3 nitrogen and oxygen atoms in total. The molecule has 1 heterocycles. The number of Topliss-reactive ketones (excluding diaryl/α,β-unsaturated/α-hetero) is 1. The number of rotatable bonds is 7. The van der Waals surface area contributed by atoms with Gasteiger partial charge >= 0.3 is 0 Å². The van der Waals surface area contributed by atoms with E-state index in [1.54, 1.807) is 12.3 Å². The highest BCUT2D eigenvalue weighted by Gasteiger charge is 2.24. The van der Waals surface area contributed by atoms with Crippen molar-refractivity contribution >= 4 is 39.9 Å². The summed E-state index contributed by atoms with van der Waals surface area (Å²) in [6.07, 6.45) is 2.55. The van der Waals surface area contributed by atoms with E-state index >= 15 is 0 Å². The van der Waals surface area contributed by atoms with Crippen LogP contribution in [0.4, 0.5) is 0 Å². The van der Waals surface area contributed by atoms with Crippen molar-refractivity contribution in [2.75, 3.05) is 6.54 Å². The van der Waals surface area contributed by atoms with Crippen LogP contribution in [0.25, 0.3) is 10.9 Å². The summed E-state index contributed by atoms with van der Waals surface area (Å²) in [6, 6.07) is 21.4. The molecule has 0 saturated carbocycles. The number of hydrogen-bond donors (Lipinski definition) is 2. The smallest absolute Gasteiger partial charge is 0.186 e. The molecule has 5 heteroatoms. The van der Waals surface area contributed by atoms with E-state index in [0.29, 0.717) is 27.7 Å². The first-order valence-corrected chi connectivity index (χ1v) is 10.6. The number of nitrogens with one attached hydrogen (secondary N) is 2. The quantitative estimate of drug-likeness (QED) is 0.323. The molecule has 4 rings (SSSR count). The van der Waals surface area contributed by atoms with Crippen LogP contribution >= 0.6 is 23.2 Å². The molecule has 0 amide bonds. The number of aromatic amines is 1. The van der Waals surface area contributed by atoms with Crippen molar-refractivity contribution < 1.29 is 4.79 Å². The molecular formula is C25H22Cl2N2O. The van der Waals surface area contributed by atoms with Crippen LogP contribution < -0.4 is 5.32 Å². The van der Waals surface area contributed by atoms with Gasteiger partial charge in [-0.1, -0.05) is 89.4 Å². The van der Waals surface area contributed by atoms with Gasteiger partial charge in [0, 0.05) is 23.7 Å². The van der Waals surface area contributed by atoms with E-state index in [-0.39, 0.29) is 5.78 Å². The molecule has 0 bridgehead atoms. The lowest BCUT2D eigenvalue weighted by molar-refractivity contribution is 0.0945. The van der Waals surface area contributed by atoms with Crippen LogP contribution in [0.1, 0.15) is 33.1 Å². The van der Waals surface area contributed by atoms with E-state index in [0.717, 1.165) is 17.4 Å². The maximum absolute atomic E-state index is 13.5. The van der Waals surface area contributed by atoms with Crippen molar-refractivity contribution in [2.24, 2.45) is 0 Å². The molecule has 0 aliphatic rings. The van der Waals surface area contributed by atoms with Crippen molar-refractivity contribution in [2.45, 2.75) is 19.4 Å². The summed E-state index contributed by atoms with van der Waals surface area (Å²) in [5, 5.41) is 5.12. The third-order valence-electron chi connectivity index (χ3n) is 5.29. The van der Waals surface area contributed by atoms with E-state index in [2.05, 4.69) is 41.5 Å². The first kappa shape index (κ1) is 20.7. The van der Waals surface area contributed by atoms with E-state index in [1.807, 2.05) is 36.4 Å². The monoisotopic (exact) mass is 436 g/mol. The van der Waals surface area contributed by atoms with Crippen molar-refractivity contribution in [3.05, 3.63) is 105 Å². The fourth-order valence-electron chi connectivity index (χ4n) is 3.62. The van der Waals surface area contributed by atoms with Gasteiger partial charge < -0.3 is 10.3 Å². The standard InChI is InChI=1S/C25H22Cl2N2O/c1-16-7-9-17(10-8-16)13-14-28-23(18-5-3-2-4-6-18)25(30)20-15-29-24-19(20)11-12-21(26)22(24)27/h2-12,15,23,28-29H,13-14H2,1H3/t23-/m1/s1. The van der Waals surface area contributed by atoms with E-state index < -0.39 is 6.04 Å². The molecule has 4 aromatic rings. The Labute approximate surface area is 186 Å². The van der Waals surface area contributed by atoms with Crippen molar-refractivity contribution in [3.8, 4) is 0 Å². The minimum Gasteiger partial charge on any atom is -0.359 e. The average Bonchev–Trinajstić information content (AvgIpc) is 3.20. The van der Waals surface area contributed by atoms with Crippen LogP contribution in [0.15, 0.2) is 72.9 Å². The third-order valence-corrected chi connectivity index (χ3v) is 6.09. The van der Waals surface area contributed by atoms with Gasteiger partial charge in [0.2, 0.25) is 0 Å². The average molecular weight is 437 g/mol. The van der Waals surface area contributed by atoms with E-state index in [9.17, 15) is 4.79 Å². The zero-order valence-electron chi connectivity index (χ0n) is 16.6. The molecule has 1 aromatic heterocycles. The maximum atomic E-state index is 13.5. The van der Waals surface area contributed by atoms with E-state index in [4.69, 9.17) is 23.2 Å². The number of benzene rings is 3. The van der Waals surface area contributed by atoms with Gasteiger partial charge in [-0.25, -0.2) is 0 Å². The number of aromatic nitrogens is 1. The Bertz CT molecular complexity index is 1170. The topological polar surface area (TPSA) is 44.9 Å². The first-order valence-electron chi connectivity index (χ1n) is 9.88. The number of ketones is 1. The largest absolute Gasteiger partial charge is 0.359 e. The van der Waals surface area contributed by atoms with Crippen molar-refractivity contribution in [1.29, 1.82) is 0 Å². The van der Waals surface area contributed by atoms with Crippen LogP contribution in [0.5, 0.6) is 0 Å². The highest BCUT2D eigenvalue weighted by Crippen LogP contribution is 2.33. The lowest BCUT2D eigenvalue weighted by atomic mass is 9.96. The van der Waals surface area contributed by atoms with Crippen molar-refractivity contribution in [3.63, 3.8) is 0 Å². The molecule has 0 radical (unpaired) electrons. The lowest BCUT2D eigenvalue weighted by Gasteiger charge is -2.18. The molecule has 152 valence electrons. The predicted molar refractivity (Wildman–Crippen MR) is 125 cm³/mol. The Kier molecular flexibility index (Phi) is 6.24. The second-order valence-electron chi connectivity index (χ2n) is 7.38. The summed E-state index contributed by atoms with van der Waals surface area (Å²) in [5.41, 5.74) is 4.68. The number of hydrogen-bond acceptors (Lipinski definition) is 2. The molecule has 1 atom stereocenters. The molecule has 3 aromatic carbocycles. The minimum atomic E-state index is -0.454. The van der Waals surface area contributed by atoms with Crippen molar-refractivity contribution in [1.82, 2.24) is 10.3 Å². The second-order valence-corrected chi connectivity index (χ2v) is 8.17. The fraction of sp³-hybridized carbons (Fsp3) is 0.160. The zero-order valence-corrected chi connectivity index (χ0v) is 18.1. The van der Waals surface area contributed by atoms with Gasteiger partial charge in [0.15, 0.2) is 5.78 Å². The summed E-state index contributed by atoms with van der Waals surface area (Å²) < 4.78 is 0. The van der Waals surface area contributed by atoms with Gasteiger partial charge in [-0.05, 0) is 30.5 Å². The normalized spacial score (nSPS) is 12.2. The van der Waals surface area contributed by atoms with Gasteiger partial charge in [0.1, 0.15) is 0 Å². The Morgan fingerprint density at radius 2 is 1.73 bits per heavy atom. The predicted octanol–water partition coefficient (Wildman–Crippen LogP) is 6.54. The minimum absolute atomic E-state index is 0.00487. The van der Waals surface area contributed by atoms with E-state index in [1.165, 1.54) is 11.1 Å². The number of carbonyl (C=O) groups is 1. The fourth-order valence-corrected chi connectivity index (χ4v) is 4.00. The first-order chi connectivity index (χ1) is 14.5. The number of aryl methyl sites for hydroxylation is 1. The summed E-state index contributed by atoms with van der Waals surface area (Å²) in [7, 11) is 0.